The van der Waals surface area contributed by atoms with E-state index < -0.39 is 6.10 Å². The molecule has 3 nitrogen and oxygen atoms in total. The number of nitrogens with one attached hydrogen (secondary N) is 1. The van der Waals surface area contributed by atoms with Gasteiger partial charge in [-0.1, -0.05) is 44.9 Å². The zero-order valence-electron chi connectivity index (χ0n) is 19.7. The molecule has 1 aromatic rings. The van der Waals surface area contributed by atoms with Crippen molar-refractivity contribution >= 4 is 0 Å². The molecule has 0 heterocycles. The third-order valence-corrected chi connectivity index (χ3v) is 10.4. The summed E-state index contributed by atoms with van der Waals surface area (Å²) in [5, 5.41) is 14.3. The fourth-order valence-corrected chi connectivity index (χ4v) is 8.68. The van der Waals surface area contributed by atoms with Crippen molar-refractivity contribution in [3.05, 3.63) is 30.3 Å². The average molecular weight is 426 g/mol. The lowest BCUT2D eigenvalue weighted by Gasteiger charge is -2.60. The Labute approximate surface area is 189 Å². The third kappa shape index (κ3) is 3.95. The highest BCUT2D eigenvalue weighted by molar-refractivity contribution is 5.21. The lowest BCUT2D eigenvalue weighted by atomic mass is 9.45. The van der Waals surface area contributed by atoms with Crippen molar-refractivity contribution in [2.24, 2.45) is 34.5 Å². The highest BCUT2D eigenvalue weighted by Crippen LogP contribution is 2.66. The molecule has 172 valence electrons. The van der Waals surface area contributed by atoms with E-state index in [9.17, 15) is 5.11 Å². The number of hydrogen-bond acceptors (Lipinski definition) is 3. The summed E-state index contributed by atoms with van der Waals surface area (Å²) in [4.78, 5) is 0. The van der Waals surface area contributed by atoms with Gasteiger partial charge in [-0.2, -0.15) is 0 Å². The Morgan fingerprint density at radius 3 is 2.58 bits per heavy atom. The quantitative estimate of drug-likeness (QED) is 0.604. The molecule has 8 atom stereocenters. The number of fused-ring (bicyclic) bond motifs is 5. The van der Waals surface area contributed by atoms with Gasteiger partial charge in [-0.3, -0.25) is 0 Å². The summed E-state index contributed by atoms with van der Waals surface area (Å²) in [7, 11) is 0. The lowest BCUT2D eigenvalue weighted by Crippen LogP contribution is -2.55. The fraction of sp³-hybridized carbons (Fsp3) is 0.786. The normalized spacial score (nSPS) is 42.9. The number of ether oxygens (including phenoxy) is 1. The van der Waals surface area contributed by atoms with Gasteiger partial charge in [0.05, 0.1) is 0 Å². The predicted molar refractivity (Wildman–Crippen MR) is 126 cm³/mol. The zero-order chi connectivity index (χ0) is 21.5. The first-order valence-corrected chi connectivity index (χ1v) is 13.1. The van der Waals surface area contributed by atoms with E-state index in [1.165, 1.54) is 64.2 Å². The van der Waals surface area contributed by atoms with Crippen LogP contribution < -0.4 is 10.1 Å². The van der Waals surface area contributed by atoms with Crippen LogP contribution in [0.3, 0.4) is 0 Å². The van der Waals surface area contributed by atoms with E-state index in [0.717, 1.165) is 29.4 Å². The summed E-state index contributed by atoms with van der Waals surface area (Å²) < 4.78 is 5.76. The fourth-order valence-electron chi connectivity index (χ4n) is 8.68. The molecule has 0 spiro atoms. The van der Waals surface area contributed by atoms with E-state index in [1.807, 2.05) is 30.3 Å². The van der Waals surface area contributed by atoms with Gasteiger partial charge in [-0.05, 0) is 98.0 Å². The molecule has 0 amide bonds. The van der Waals surface area contributed by atoms with Crippen LogP contribution >= 0.6 is 0 Å². The largest absolute Gasteiger partial charge is 0.491 e. The Hall–Kier alpha value is -1.06. The molecule has 4 aliphatic rings. The molecule has 3 heteroatoms. The zero-order valence-corrected chi connectivity index (χ0v) is 19.7. The number of rotatable bonds is 6. The molecule has 5 rings (SSSR count). The molecule has 0 unspecified atom stereocenters. The van der Waals surface area contributed by atoms with Crippen LogP contribution in [0.25, 0.3) is 0 Å². The minimum Gasteiger partial charge on any atom is -0.491 e. The van der Waals surface area contributed by atoms with Crippen LogP contribution in [-0.2, 0) is 0 Å². The molecule has 4 saturated carbocycles. The van der Waals surface area contributed by atoms with Gasteiger partial charge < -0.3 is 15.2 Å². The second kappa shape index (κ2) is 8.71. The summed E-state index contributed by atoms with van der Waals surface area (Å²) in [6.45, 7) is 6.23. The Morgan fingerprint density at radius 1 is 0.935 bits per heavy atom. The molecule has 0 bridgehead atoms. The first kappa shape index (κ1) is 21.8. The third-order valence-electron chi connectivity index (χ3n) is 10.4. The Bertz CT molecular complexity index is 738. The van der Waals surface area contributed by atoms with Gasteiger partial charge in [0.25, 0.3) is 0 Å². The van der Waals surface area contributed by atoms with Crippen molar-refractivity contribution in [2.75, 3.05) is 13.2 Å². The van der Waals surface area contributed by atoms with Crippen LogP contribution in [0.2, 0.25) is 0 Å². The smallest absolute Gasteiger partial charge is 0.119 e. The molecule has 0 saturated heterocycles. The Balaban J connectivity index is 1.18. The van der Waals surface area contributed by atoms with Gasteiger partial charge in [-0.15, -0.1) is 0 Å². The first-order chi connectivity index (χ1) is 15.0. The van der Waals surface area contributed by atoms with Crippen LogP contribution in [0.1, 0.15) is 78.1 Å². The minimum absolute atomic E-state index is 0.355. The average Bonchev–Trinajstić information content (AvgIpc) is 3.13. The predicted octanol–water partition coefficient (Wildman–Crippen LogP) is 5.82. The molecule has 0 radical (unpaired) electrons. The lowest BCUT2D eigenvalue weighted by molar-refractivity contribution is -0.107. The minimum atomic E-state index is -0.462. The molecule has 2 N–H and O–H groups in total. The van der Waals surface area contributed by atoms with Gasteiger partial charge in [0.2, 0.25) is 0 Å². The first-order valence-electron chi connectivity index (χ1n) is 13.1. The highest BCUT2D eigenvalue weighted by atomic mass is 16.5. The summed E-state index contributed by atoms with van der Waals surface area (Å²) in [6, 6.07) is 10.4. The van der Waals surface area contributed by atoms with Gasteiger partial charge in [0.15, 0.2) is 0 Å². The van der Waals surface area contributed by atoms with E-state index in [4.69, 9.17) is 4.74 Å². The topological polar surface area (TPSA) is 41.5 Å². The SMILES string of the molecule is C[C@]12CCCC[C@@H]1CC[C@@H]1[C@@H]2CC[C@]2(C)[C@H](NC[C@H](O)COc3ccccc3)CC[C@@H]12. The van der Waals surface area contributed by atoms with Gasteiger partial charge in [0.1, 0.15) is 18.5 Å². The van der Waals surface area contributed by atoms with Crippen molar-refractivity contribution < 1.29 is 9.84 Å². The Morgan fingerprint density at radius 2 is 1.74 bits per heavy atom. The number of aliphatic hydroxyl groups excluding tert-OH is 1. The maximum atomic E-state index is 10.5. The van der Waals surface area contributed by atoms with E-state index in [0.29, 0.717) is 30.0 Å². The number of benzene rings is 1. The number of hydrogen-bond donors (Lipinski definition) is 2. The van der Waals surface area contributed by atoms with Crippen LogP contribution in [0.15, 0.2) is 30.3 Å². The molecule has 4 fully saturated rings. The Kier molecular flexibility index (Phi) is 6.11. The van der Waals surface area contributed by atoms with Crippen LogP contribution in [-0.4, -0.2) is 30.4 Å². The van der Waals surface area contributed by atoms with Crippen molar-refractivity contribution in [3.63, 3.8) is 0 Å². The highest BCUT2D eigenvalue weighted by Gasteiger charge is 2.59. The molecular weight excluding hydrogens is 382 g/mol. The monoisotopic (exact) mass is 425 g/mol. The molecule has 0 aliphatic heterocycles. The molecule has 4 aliphatic carbocycles. The van der Waals surface area contributed by atoms with Crippen LogP contribution in [0, 0.1) is 34.5 Å². The maximum Gasteiger partial charge on any atom is 0.119 e. The van der Waals surface area contributed by atoms with Crippen LogP contribution in [0.4, 0.5) is 0 Å². The van der Waals surface area contributed by atoms with Gasteiger partial charge in [-0.25, -0.2) is 0 Å². The maximum absolute atomic E-state index is 10.5. The van der Waals surface area contributed by atoms with E-state index in [-0.39, 0.29) is 0 Å². The van der Waals surface area contributed by atoms with Crippen molar-refractivity contribution in [3.8, 4) is 5.75 Å². The molecule has 1 aromatic carbocycles. The van der Waals surface area contributed by atoms with E-state index in [1.54, 1.807) is 0 Å². The molecule has 31 heavy (non-hydrogen) atoms. The van der Waals surface area contributed by atoms with Crippen molar-refractivity contribution in [1.82, 2.24) is 5.32 Å². The second-order valence-corrected chi connectivity index (χ2v) is 11.8. The van der Waals surface area contributed by atoms with Crippen molar-refractivity contribution in [1.29, 1.82) is 0 Å². The van der Waals surface area contributed by atoms with E-state index >= 15 is 0 Å². The second-order valence-electron chi connectivity index (χ2n) is 11.8. The van der Waals surface area contributed by atoms with Gasteiger partial charge in [0, 0.05) is 12.6 Å². The van der Waals surface area contributed by atoms with Crippen molar-refractivity contribution in [2.45, 2.75) is 90.2 Å². The standard InChI is InChI=1S/C28H43NO2/c1-27-16-7-6-8-20(27)11-12-23-24-13-14-26(28(24,2)17-15-25(23)27)29-18-21(30)19-31-22-9-4-3-5-10-22/h3-5,9-10,20-21,23-26,29-30H,6-8,11-19H2,1-2H3/t20-,21+,23+,24+,25+,26-,27+,28+/m1/s1. The summed E-state index contributed by atoms with van der Waals surface area (Å²) in [5.74, 6) is 4.62. The van der Waals surface area contributed by atoms with E-state index in [2.05, 4.69) is 19.2 Å². The summed E-state index contributed by atoms with van der Waals surface area (Å²) in [6.07, 6.45) is 13.9. The molecule has 0 aromatic heterocycles. The summed E-state index contributed by atoms with van der Waals surface area (Å²) >= 11 is 0. The number of aliphatic hydroxyl groups is 1. The van der Waals surface area contributed by atoms with Crippen LogP contribution in [0.5, 0.6) is 5.75 Å². The number of para-hydroxylation sites is 1. The van der Waals surface area contributed by atoms with Gasteiger partial charge >= 0.3 is 0 Å². The summed E-state index contributed by atoms with van der Waals surface area (Å²) in [5.41, 5.74) is 1.03. The molecular formula is C28H43NO2.